The van der Waals surface area contributed by atoms with E-state index in [1.807, 2.05) is 22.6 Å². The summed E-state index contributed by atoms with van der Waals surface area (Å²) in [5, 5.41) is 11.1. The molecule has 94 valence electrons. The van der Waals surface area contributed by atoms with Gasteiger partial charge in [-0.05, 0) is 34.7 Å². The third-order valence-corrected chi connectivity index (χ3v) is 3.39. The molecule has 0 aromatic carbocycles. The molecule has 1 aromatic rings. The van der Waals surface area contributed by atoms with Crippen LogP contribution in [0.15, 0.2) is 39.3 Å². The van der Waals surface area contributed by atoms with Crippen LogP contribution in [-0.2, 0) is 4.74 Å². The predicted molar refractivity (Wildman–Crippen MR) is 74.0 cm³/mol. The van der Waals surface area contributed by atoms with E-state index in [9.17, 15) is 10.1 Å². The van der Waals surface area contributed by atoms with E-state index in [1.165, 1.54) is 13.4 Å². The maximum Gasteiger partial charge on any atom is 0.462 e. The molecule has 0 saturated heterocycles. The van der Waals surface area contributed by atoms with E-state index in [0.717, 1.165) is 5.69 Å². The Morgan fingerprint density at radius 3 is 2.67 bits per heavy atom. The van der Waals surface area contributed by atoms with E-state index in [2.05, 4.69) is 9.98 Å². The van der Waals surface area contributed by atoms with Crippen molar-refractivity contribution in [2.75, 3.05) is 12.0 Å². The van der Waals surface area contributed by atoms with Crippen molar-refractivity contribution in [3.8, 4) is 0 Å². The number of ether oxygens (including phenoxy) is 1. The standard InChI is InChI=1S/C10H9IN4O3/c1-18-10(15(16)17)9(11)6-14(7-13-10)8-2-4-12-5-3-8/h2-7H,1H3. The lowest BCUT2D eigenvalue weighted by Crippen LogP contribution is -2.42. The largest absolute Gasteiger partial charge is 0.462 e. The van der Waals surface area contributed by atoms with Gasteiger partial charge >= 0.3 is 5.85 Å². The molecule has 0 aliphatic carbocycles. The van der Waals surface area contributed by atoms with Crippen molar-refractivity contribution < 1.29 is 9.66 Å². The third-order valence-electron chi connectivity index (χ3n) is 2.41. The van der Waals surface area contributed by atoms with Gasteiger partial charge in [-0.2, -0.15) is 4.99 Å². The number of anilines is 1. The highest BCUT2D eigenvalue weighted by Crippen LogP contribution is 2.33. The van der Waals surface area contributed by atoms with Crippen LogP contribution in [0.25, 0.3) is 0 Å². The summed E-state index contributed by atoms with van der Waals surface area (Å²) in [6.07, 6.45) is 6.24. The highest BCUT2D eigenvalue weighted by Gasteiger charge is 2.48. The van der Waals surface area contributed by atoms with Crippen LogP contribution in [-0.4, -0.2) is 29.2 Å². The van der Waals surface area contributed by atoms with E-state index >= 15 is 0 Å². The average molecular weight is 360 g/mol. The zero-order chi connectivity index (χ0) is 13.2. The Balaban J connectivity index is 2.35. The van der Waals surface area contributed by atoms with E-state index in [1.54, 1.807) is 35.6 Å². The first kappa shape index (κ1) is 12.9. The average Bonchev–Trinajstić information content (AvgIpc) is 2.39. The molecule has 0 saturated carbocycles. The smallest absolute Gasteiger partial charge is 0.307 e. The van der Waals surface area contributed by atoms with Gasteiger partial charge < -0.3 is 4.90 Å². The highest BCUT2D eigenvalue weighted by molar-refractivity contribution is 14.1. The van der Waals surface area contributed by atoms with Gasteiger partial charge in [-0.3, -0.25) is 19.8 Å². The van der Waals surface area contributed by atoms with Crippen molar-refractivity contribution in [1.82, 2.24) is 4.98 Å². The lowest BCUT2D eigenvalue weighted by molar-refractivity contribution is -0.609. The monoisotopic (exact) mass is 360 g/mol. The molecule has 0 amide bonds. The zero-order valence-corrected chi connectivity index (χ0v) is 11.5. The first-order chi connectivity index (χ1) is 8.60. The molecule has 0 spiro atoms. The van der Waals surface area contributed by atoms with Crippen LogP contribution in [0.5, 0.6) is 0 Å². The van der Waals surface area contributed by atoms with Crippen LogP contribution in [0.3, 0.4) is 0 Å². The van der Waals surface area contributed by atoms with Crippen molar-refractivity contribution >= 4 is 34.6 Å². The minimum atomic E-state index is -1.83. The fourth-order valence-electron chi connectivity index (χ4n) is 1.46. The van der Waals surface area contributed by atoms with Gasteiger partial charge in [-0.15, -0.1) is 0 Å². The summed E-state index contributed by atoms with van der Waals surface area (Å²) < 4.78 is 5.29. The quantitative estimate of drug-likeness (QED) is 0.355. The predicted octanol–water partition coefficient (Wildman–Crippen LogP) is 1.78. The zero-order valence-electron chi connectivity index (χ0n) is 9.36. The SMILES string of the molecule is COC1([N+](=O)[O-])N=CN(c2ccncc2)C=C1I. The normalized spacial score (nSPS) is 22.8. The van der Waals surface area contributed by atoms with Gasteiger partial charge in [0, 0.05) is 31.4 Å². The number of nitrogens with zero attached hydrogens (tertiary/aromatic N) is 4. The van der Waals surface area contributed by atoms with E-state index in [4.69, 9.17) is 4.74 Å². The Morgan fingerprint density at radius 1 is 1.50 bits per heavy atom. The molecule has 7 nitrogen and oxygen atoms in total. The lowest BCUT2D eigenvalue weighted by atomic mass is 10.3. The minimum Gasteiger partial charge on any atom is -0.307 e. The van der Waals surface area contributed by atoms with Crippen LogP contribution in [0.1, 0.15) is 0 Å². The number of aliphatic imine (C=N–C) groups is 1. The number of hydrogen-bond acceptors (Lipinski definition) is 6. The summed E-state index contributed by atoms with van der Waals surface area (Å²) in [5.41, 5.74) is 0.816. The van der Waals surface area contributed by atoms with Crippen molar-refractivity contribution in [1.29, 1.82) is 0 Å². The van der Waals surface area contributed by atoms with Gasteiger partial charge in [-0.1, -0.05) is 0 Å². The minimum absolute atomic E-state index is 0.368. The van der Waals surface area contributed by atoms with Crippen LogP contribution in [0.4, 0.5) is 5.69 Å². The topological polar surface area (TPSA) is 80.9 Å². The van der Waals surface area contributed by atoms with Crippen LogP contribution >= 0.6 is 22.6 Å². The number of methoxy groups -OCH3 is 1. The van der Waals surface area contributed by atoms with E-state index in [0.29, 0.717) is 3.58 Å². The Bertz CT molecular complexity index is 519. The van der Waals surface area contributed by atoms with Crippen LogP contribution in [0.2, 0.25) is 0 Å². The Morgan fingerprint density at radius 2 is 2.17 bits per heavy atom. The van der Waals surface area contributed by atoms with Gasteiger partial charge in [-0.25, -0.2) is 0 Å². The molecule has 0 N–H and O–H groups in total. The van der Waals surface area contributed by atoms with Crippen LogP contribution in [0, 0.1) is 10.1 Å². The second-order valence-corrected chi connectivity index (χ2v) is 4.57. The van der Waals surface area contributed by atoms with Crippen LogP contribution < -0.4 is 4.90 Å². The first-order valence-corrected chi connectivity index (χ1v) is 5.99. The van der Waals surface area contributed by atoms with Crippen molar-refractivity contribution in [3.05, 3.63) is 44.4 Å². The molecule has 2 heterocycles. The fraction of sp³-hybridized carbons (Fsp3) is 0.200. The summed E-state index contributed by atoms with van der Waals surface area (Å²) >= 11 is 1.85. The van der Waals surface area contributed by atoms with Gasteiger partial charge in [0.25, 0.3) is 0 Å². The Kier molecular flexibility index (Phi) is 3.57. The second-order valence-electron chi connectivity index (χ2n) is 3.40. The summed E-state index contributed by atoms with van der Waals surface area (Å²) in [6, 6.07) is 3.55. The Hall–Kier alpha value is -1.55. The van der Waals surface area contributed by atoms with Gasteiger partial charge in [0.1, 0.15) is 9.92 Å². The fourth-order valence-corrected chi connectivity index (χ4v) is 2.31. The number of hydrogen-bond donors (Lipinski definition) is 0. The molecule has 1 aromatic heterocycles. The number of rotatable bonds is 3. The number of halogens is 1. The molecule has 0 radical (unpaired) electrons. The number of nitro groups is 1. The van der Waals surface area contributed by atoms with Gasteiger partial charge in [0.05, 0.1) is 4.92 Å². The molecular formula is C10H9IN4O3. The van der Waals surface area contributed by atoms with Gasteiger partial charge in [0.2, 0.25) is 0 Å². The molecule has 0 fully saturated rings. The third kappa shape index (κ3) is 2.08. The maximum atomic E-state index is 11.1. The molecular weight excluding hydrogens is 351 g/mol. The molecule has 8 heteroatoms. The molecule has 1 aliphatic rings. The number of pyridine rings is 1. The molecule has 1 unspecified atom stereocenters. The maximum absolute atomic E-state index is 11.1. The molecule has 1 atom stereocenters. The van der Waals surface area contributed by atoms with Crippen molar-refractivity contribution in [3.63, 3.8) is 0 Å². The van der Waals surface area contributed by atoms with E-state index in [-0.39, 0.29) is 0 Å². The van der Waals surface area contributed by atoms with Gasteiger partial charge in [0.15, 0.2) is 0 Å². The summed E-state index contributed by atoms with van der Waals surface area (Å²) in [7, 11) is 1.26. The molecule has 0 bridgehead atoms. The summed E-state index contributed by atoms with van der Waals surface area (Å²) in [4.78, 5) is 20.0. The Labute approximate surface area is 116 Å². The second kappa shape index (κ2) is 4.98. The lowest BCUT2D eigenvalue weighted by Gasteiger charge is -2.26. The van der Waals surface area contributed by atoms with E-state index < -0.39 is 10.8 Å². The molecule has 1 aliphatic heterocycles. The first-order valence-electron chi connectivity index (χ1n) is 4.91. The molecule has 2 rings (SSSR count). The molecule has 18 heavy (non-hydrogen) atoms. The van der Waals surface area contributed by atoms with Crippen molar-refractivity contribution in [2.45, 2.75) is 5.85 Å². The highest BCUT2D eigenvalue weighted by atomic mass is 127. The summed E-state index contributed by atoms with van der Waals surface area (Å²) in [6.45, 7) is 0. The number of aromatic nitrogens is 1. The van der Waals surface area contributed by atoms with Crippen molar-refractivity contribution in [2.24, 2.45) is 4.99 Å². The summed E-state index contributed by atoms with van der Waals surface area (Å²) in [5.74, 6) is -1.83.